The molecule has 1 heterocycles. The molecule has 1 saturated carbocycles. The highest BCUT2D eigenvalue weighted by atomic mass is 35.5. The van der Waals surface area contributed by atoms with Crippen molar-refractivity contribution in [2.45, 2.75) is 64.6 Å². The Balaban J connectivity index is 0.00000192. The van der Waals surface area contributed by atoms with Crippen LogP contribution in [-0.4, -0.2) is 30.1 Å². The third-order valence-corrected chi connectivity index (χ3v) is 5.35. The molecule has 2 fully saturated rings. The lowest BCUT2D eigenvalue weighted by molar-refractivity contribution is 0.0883. The molecule has 0 amide bonds. The number of para-hydroxylation sites is 1. The van der Waals surface area contributed by atoms with Crippen LogP contribution in [0.5, 0.6) is 5.75 Å². The average molecular weight is 339 g/mol. The zero-order valence-corrected chi connectivity index (χ0v) is 15.3. The highest BCUT2D eigenvalue weighted by molar-refractivity contribution is 5.85. The summed E-state index contributed by atoms with van der Waals surface area (Å²) in [5.41, 5.74) is 7.77. The van der Waals surface area contributed by atoms with E-state index in [2.05, 4.69) is 43.0 Å². The maximum atomic E-state index is 6.27. The second-order valence-electron chi connectivity index (χ2n) is 7.73. The van der Waals surface area contributed by atoms with E-state index in [0.717, 1.165) is 31.8 Å². The normalized spacial score (nSPS) is 25.1. The van der Waals surface area contributed by atoms with Crippen LogP contribution in [0.2, 0.25) is 0 Å². The van der Waals surface area contributed by atoms with E-state index in [1.807, 2.05) is 0 Å². The lowest BCUT2D eigenvalue weighted by Gasteiger charge is -2.42. The number of piperidine rings is 1. The van der Waals surface area contributed by atoms with Gasteiger partial charge in [0.25, 0.3) is 0 Å². The Morgan fingerprint density at radius 1 is 1.17 bits per heavy atom. The van der Waals surface area contributed by atoms with Gasteiger partial charge in [0, 0.05) is 31.2 Å². The Kier molecular flexibility index (Phi) is 6.35. The highest BCUT2D eigenvalue weighted by Crippen LogP contribution is 2.31. The van der Waals surface area contributed by atoms with Crippen molar-refractivity contribution < 1.29 is 4.74 Å². The number of hydrogen-bond acceptors (Lipinski definition) is 3. The van der Waals surface area contributed by atoms with Crippen molar-refractivity contribution in [1.82, 2.24) is 4.90 Å². The number of ether oxygens (including phenoxy) is 1. The Morgan fingerprint density at radius 2 is 1.87 bits per heavy atom. The summed E-state index contributed by atoms with van der Waals surface area (Å²) >= 11 is 0. The fraction of sp³-hybridized carbons (Fsp3) is 0.684. The number of likely N-dealkylation sites (tertiary alicyclic amines) is 1. The topological polar surface area (TPSA) is 38.5 Å². The lowest BCUT2D eigenvalue weighted by atomic mass is 9.79. The van der Waals surface area contributed by atoms with Gasteiger partial charge in [-0.1, -0.05) is 32.0 Å². The monoisotopic (exact) mass is 338 g/mol. The van der Waals surface area contributed by atoms with Gasteiger partial charge in [-0.25, -0.2) is 0 Å². The van der Waals surface area contributed by atoms with Gasteiger partial charge in [-0.2, -0.15) is 0 Å². The molecule has 1 unspecified atom stereocenters. The van der Waals surface area contributed by atoms with Crippen LogP contribution in [0.1, 0.15) is 51.5 Å². The zero-order chi connectivity index (χ0) is 15.6. The molecule has 2 N–H and O–H groups in total. The predicted molar refractivity (Wildman–Crippen MR) is 98.2 cm³/mol. The largest absolute Gasteiger partial charge is 0.490 e. The van der Waals surface area contributed by atoms with Crippen molar-refractivity contribution in [3.05, 3.63) is 29.8 Å². The maximum absolute atomic E-state index is 6.27. The molecule has 4 heteroatoms. The molecule has 1 aliphatic heterocycles. The average Bonchev–Trinajstić information content (AvgIpc) is 2.98. The number of nitrogens with two attached hydrogens (primary N) is 1. The molecule has 1 atom stereocenters. The van der Waals surface area contributed by atoms with Gasteiger partial charge in [-0.15, -0.1) is 12.4 Å². The number of benzene rings is 1. The van der Waals surface area contributed by atoms with Gasteiger partial charge in [-0.3, -0.25) is 4.90 Å². The summed E-state index contributed by atoms with van der Waals surface area (Å²) < 4.78 is 6.27. The van der Waals surface area contributed by atoms with Crippen LogP contribution >= 0.6 is 12.4 Å². The lowest BCUT2D eigenvalue weighted by Crippen LogP contribution is -2.52. The molecule has 1 aromatic rings. The van der Waals surface area contributed by atoms with Crippen molar-refractivity contribution in [3.63, 3.8) is 0 Å². The van der Waals surface area contributed by atoms with Crippen LogP contribution < -0.4 is 10.5 Å². The molecule has 1 saturated heterocycles. The third kappa shape index (κ3) is 4.62. The van der Waals surface area contributed by atoms with Crippen LogP contribution in [0.25, 0.3) is 0 Å². The van der Waals surface area contributed by atoms with Crippen molar-refractivity contribution in [1.29, 1.82) is 0 Å². The molecule has 2 aliphatic rings. The minimum Gasteiger partial charge on any atom is -0.490 e. The Labute approximate surface area is 147 Å². The van der Waals surface area contributed by atoms with Crippen molar-refractivity contribution in [3.8, 4) is 5.75 Å². The molecule has 0 bridgehead atoms. The van der Waals surface area contributed by atoms with Gasteiger partial charge in [0.2, 0.25) is 0 Å². The first-order valence-electron chi connectivity index (χ1n) is 8.77. The van der Waals surface area contributed by atoms with Crippen LogP contribution in [0, 0.1) is 5.41 Å². The summed E-state index contributed by atoms with van der Waals surface area (Å²) in [6, 6.07) is 8.87. The van der Waals surface area contributed by atoms with Gasteiger partial charge >= 0.3 is 0 Å². The summed E-state index contributed by atoms with van der Waals surface area (Å²) in [6.45, 7) is 7.68. The molecule has 0 aromatic heterocycles. The van der Waals surface area contributed by atoms with Crippen molar-refractivity contribution >= 4 is 12.4 Å². The first-order chi connectivity index (χ1) is 10.5. The fourth-order valence-corrected chi connectivity index (χ4v) is 3.80. The highest BCUT2D eigenvalue weighted by Gasteiger charge is 2.33. The minimum atomic E-state index is 0. The first kappa shape index (κ1) is 18.6. The Hall–Kier alpha value is -0.770. The summed E-state index contributed by atoms with van der Waals surface area (Å²) in [7, 11) is 0. The molecule has 130 valence electrons. The van der Waals surface area contributed by atoms with Gasteiger partial charge in [0.05, 0.1) is 6.10 Å². The van der Waals surface area contributed by atoms with E-state index in [1.165, 1.54) is 31.2 Å². The van der Waals surface area contributed by atoms with E-state index in [9.17, 15) is 0 Å². The summed E-state index contributed by atoms with van der Waals surface area (Å²) in [5.74, 6) is 1.09. The molecular weight excluding hydrogens is 308 g/mol. The maximum Gasteiger partial charge on any atom is 0.124 e. The molecule has 0 spiro atoms. The van der Waals surface area contributed by atoms with E-state index in [-0.39, 0.29) is 17.8 Å². The summed E-state index contributed by atoms with van der Waals surface area (Å²) in [5, 5.41) is 0. The van der Waals surface area contributed by atoms with Crippen molar-refractivity contribution in [2.24, 2.45) is 11.1 Å². The first-order valence-corrected chi connectivity index (χ1v) is 8.77. The van der Waals surface area contributed by atoms with Crippen molar-refractivity contribution in [2.75, 3.05) is 13.1 Å². The van der Waals surface area contributed by atoms with Gasteiger partial charge in [0.1, 0.15) is 5.75 Å². The molecule has 1 aliphatic carbocycles. The number of halogens is 1. The zero-order valence-electron chi connectivity index (χ0n) is 14.5. The SMILES string of the molecule is CC1(C)CN(Cc2ccccc2OC2CCCC2)CCC1N.Cl. The van der Waals surface area contributed by atoms with Crippen LogP contribution in [0.15, 0.2) is 24.3 Å². The van der Waals surface area contributed by atoms with Crippen LogP contribution in [-0.2, 0) is 6.54 Å². The summed E-state index contributed by atoms with van der Waals surface area (Å²) in [6.07, 6.45) is 6.54. The number of nitrogens with zero attached hydrogens (tertiary/aromatic N) is 1. The van der Waals surface area contributed by atoms with E-state index in [0.29, 0.717) is 12.1 Å². The molecule has 3 rings (SSSR count). The van der Waals surface area contributed by atoms with Gasteiger partial charge in [-0.05, 0) is 43.6 Å². The second-order valence-corrected chi connectivity index (χ2v) is 7.73. The third-order valence-electron chi connectivity index (χ3n) is 5.35. The smallest absolute Gasteiger partial charge is 0.124 e. The molecule has 23 heavy (non-hydrogen) atoms. The van der Waals surface area contributed by atoms with Crippen LogP contribution in [0.4, 0.5) is 0 Å². The standard InChI is InChI=1S/C19H30N2O.ClH/c1-19(2)14-21(12-11-18(19)20)13-15-7-3-6-10-17(15)22-16-8-4-5-9-16;/h3,6-7,10,16,18H,4-5,8-9,11-14,20H2,1-2H3;1H. The van der Waals surface area contributed by atoms with Gasteiger partial charge < -0.3 is 10.5 Å². The molecule has 1 aromatic carbocycles. The van der Waals surface area contributed by atoms with E-state index in [4.69, 9.17) is 10.5 Å². The molecule has 0 radical (unpaired) electrons. The van der Waals surface area contributed by atoms with E-state index in [1.54, 1.807) is 0 Å². The Bertz CT molecular complexity index is 500. The quantitative estimate of drug-likeness (QED) is 0.902. The Morgan fingerprint density at radius 3 is 2.57 bits per heavy atom. The molecular formula is C19H31ClN2O. The van der Waals surface area contributed by atoms with E-state index < -0.39 is 0 Å². The van der Waals surface area contributed by atoms with Gasteiger partial charge in [0.15, 0.2) is 0 Å². The number of rotatable bonds is 4. The van der Waals surface area contributed by atoms with E-state index >= 15 is 0 Å². The summed E-state index contributed by atoms with van der Waals surface area (Å²) in [4.78, 5) is 2.53. The number of hydrogen-bond donors (Lipinski definition) is 1. The fourth-order valence-electron chi connectivity index (χ4n) is 3.80. The minimum absolute atomic E-state index is 0. The second kappa shape index (κ2) is 7.87. The van der Waals surface area contributed by atoms with Crippen LogP contribution in [0.3, 0.4) is 0 Å². The predicted octanol–water partition coefficient (Wildman–Crippen LogP) is 3.99. The molecule has 3 nitrogen and oxygen atoms in total.